The monoisotopic (exact) mass is 294 g/mol. The number of anilines is 1. The highest BCUT2D eigenvalue weighted by Gasteiger charge is 2.49. The molecule has 0 saturated carbocycles. The molecule has 0 radical (unpaired) electrons. The van der Waals surface area contributed by atoms with Gasteiger partial charge in [0.15, 0.2) is 0 Å². The minimum atomic E-state index is -4.92. The Balaban J connectivity index is 3.18. The SMILES string of the molecule is Cc1cc(NC(=O)C(F)(F)C(F)F)c([N+](=O)[O-])cc1C. The van der Waals surface area contributed by atoms with Crippen molar-refractivity contribution < 1.29 is 27.3 Å². The van der Waals surface area contributed by atoms with Gasteiger partial charge in [-0.25, -0.2) is 8.78 Å². The van der Waals surface area contributed by atoms with E-state index in [1.165, 1.54) is 12.2 Å². The highest BCUT2D eigenvalue weighted by molar-refractivity contribution is 5.98. The number of hydrogen-bond acceptors (Lipinski definition) is 3. The Bertz CT molecular complexity index is 561. The van der Waals surface area contributed by atoms with E-state index in [0.29, 0.717) is 11.1 Å². The molecule has 20 heavy (non-hydrogen) atoms. The molecule has 0 atom stereocenters. The number of nitrogens with zero attached hydrogens (tertiary/aromatic N) is 1. The second-order valence-electron chi connectivity index (χ2n) is 4.09. The summed E-state index contributed by atoms with van der Waals surface area (Å²) in [7, 11) is 0. The summed E-state index contributed by atoms with van der Waals surface area (Å²) in [4.78, 5) is 21.0. The number of nitro groups is 1. The zero-order chi connectivity index (χ0) is 15.7. The van der Waals surface area contributed by atoms with Gasteiger partial charge in [0.25, 0.3) is 5.69 Å². The quantitative estimate of drug-likeness (QED) is 0.527. The minimum absolute atomic E-state index is 0.478. The number of benzene rings is 1. The van der Waals surface area contributed by atoms with Crippen LogP contribution in [0, 0.1) is 24.0 Å². The normalized spacial score (nSPS) is 11.6. The molecule has 0 saturated heterocycles. The molecule has 0 fully saturated rings. The van der Waals surface area contributed by atoms with Gasteiger partial charge in [-0.05, 0) is 31.0 Å². The van der Waals surface area contributed by atoms with Gasteiger partial charge in [-0.3, -0.25) is 14.9 Å². The Hall–Kier alpha value is -2.19. The predicted octanol–water partition coefficient (Wildman–Crippen LogP) is 3.05. The molecule has 110 valence electrons. The van der Waals surface area contributed by atoms with Crippen LogP contribution in [-0.2, 0) is 4.79 Å². The van der Waals surface area contributed by atoms with Gasteiger partial charge in [-0.15, -0.1) is 0 Å². The molecule has 1 rings (SSSR count). The molecule has 1 N–H and O–H groups in total. The van der Waals surface area contributed by atoms with Crippen LogP contribution in [0.3, 0.4) is 0 Å². The standard InChI is InChI=1S/C11H10F4N2O3/c1-5-3-7(8(17(19)20)4-6(5)2)16-10(18)11(14,15)9(12)13/h3-4,9H,1-2H3,(H,16,18). The number of nitro benzene ring substituents is 1. The average molecular weight is 294 g/mol. The maximum Gasteiger partial charge on any atom is 0.383 e. The zero-order valence-corrected chi connectivity index (χ0v) is 10.4. The molecule has 9 heteroatoms. The molecule has 0 aromatic heterocycles. The minimum Gasteiger partial charge on any atom is -0.315 e. The Morgan fingerprint density at radius 1 is 1.30 bits per heavy atom. The number of carbonyl (C=O) groups is 1. The van der Waals surface area contributed by atoms with Crippen LogP contribution in [0.15, 0.2) is 12.1 Å². The van der Waals surface area contributed by atoms with E-state index in [4.69, 9.17) is 0 Å². The molecule has 0 aliphatic rings. The van der Waals surface area contributed by atoms with Crippen LogP contribution in [-0.4, -0.2) is 23.2 Å². The number of hydrogen-bond donors (Lipinski definition) is 1. The largest absolute Gasteiger partial charge is 0.383 e. The lowest BCUT2D eigenvalue weighted by molar-refractivity contribution is -0.384. The third-order valence-electron chi connectivity index (χ3n) is 2.63. The topological polar surface area (TPSA) is 72.2 Å². The van der Waals surface area contributed by atoms with E-state index in [1.807, 2.05) is 0 Å². The highest BCUT2D eigenvalue weighted by Crippen LogP contribution is 2.30. The highest BCUT2D eigenvalue weighted by atomic mass is 19.3. The molecule has 1 aromatic carbocycles. The summed E-state index contributed by atoms with van der Waals surface area (Å²) in [5.74, 6) is -7.22. The summed E-state index contributed by atoms with van der Waals surface area (Å²) in [6.45, 7) is 3.07. The fourth-order valence-corrected chi connectivity index (χ4v) is 1.36. The van der Waals surface area contributed by atoms with Gasteiger partial charge in [-0.1, -0.05) is 0 Å². The summed E-state index contributed by atoms with van der Waals surface area (Å²) >= 11 is 0. The van der Waals surface area contributed by atoms with Crippen LogP contribution in [0.25, 0.3) is 0 Å². The van der Waals surface area contributed by atoms with Crippen molar-refractivity contribution in [3.05, 3.63) is 33.4 Å². The summed E-state index contributed by atoms with van der Waals surface area (Å²) in [6.07, 6.45) is -4.20. The number of nitrogens with one attached hydrogen (secondary N) is 1. The molecule has 0 aliphatic carbocycles. The zero-order valence-electron chi connectivity index (χ0n) is 10.4. The van der Waals surface area contributed by atoms with Gasteiger partial charge in [-0.2, -0.15) is 8.78 Å². The summed E-state index contributed by atoms with van der Waals surface area (Å²) in [5.41, 5.74) is -0.225. The number of alkyl halides is 4. The lowest BCUT2D eigenvalue weighted by Gasteiger charge is -2.15. The number of amides is 1. The summed E-state index contributed by atoms with van der Waals surface area (Å²) < 4.78 is 49.7. The Morgan fingerprint density at radius 2 is 1.80 bits per heavy atom. The van der Waals surface area contributed by atoms with Crippen molar-refractivity contribution in [3.8, 4) is 0 Å². The van der Waals surface area contributed by atoms with E-state index in [1.54, 1.807) is 6.92 Å². The summed E-state index contributed by atoms with van der Waals surface area (Å²) in [5, 5.41) is 12.2. The fraction of sp³-hybridized carbons (Fsp3) is 0.364. The van der Waals surface area contributed by atoms with Gasteiger partial charge < -0.3 is 5.32 Å². The first kappa shape index (κ1) is 15.9. The van der Waals surface area contributed by atoms with Crippen LogP contribution in [0.4, 0.5) is 28.9 Å². The predicted molar refractivity (Wildman–Crippen MR) is 62.2 cm³/mol. The molecule has 0 heterocycles. The second-order valence-corrected chi connectivity index (χ2v) is 4.09. The van der Waals surface area contributed by atoms with Crippen molar-refractivity contribution in [3.63, 3.8) is 0 Å². The van der Waals surface area contributed by atoms with Gasteiger partial charge in [0.05, 0.1) is 4.92 Å². The van der Waals surface area contributed by atoms with E-state index in [9.17, 15) is 32.5 Å². The lowest BCUT2D eigenvalue weighted by atomic mass is 10.1. The van der Waals surface area contributed by atoms with Crippen molar-refractivity contribution in [1.82, 2.24) is 0 Å². The van der Waals surface area contributed by atoms with Crippen LogP contribution in [0.2, 0.25) is 0 Å². The fourth-order valence-electron chi connectivity index (χ4n) is 1.36. The third kappa shape index (κ3) is 3.03. The van der Waals surface area contributed by atoms with Crippen molar-refractivity contribution in [2.75, 3.05) is 5.32 Å². The molecular weight excluding hydrogens is 284 g/mol. The lowest BCUT2D eigenvalue weighted by Crippen LogP contribution is -2.41. The van der Waals surface area contributed by atoms with E-state index < -0.39 is 34.6 Å². The summed E-state index contributed by atoms with van der Waals surface area (Å²) in [6, 6.07) is 2.14. The molecular formula is C11H10F4N2O3. The van der Waals surface area contributed by atoms with Gasteiger partial charge in [0, 0.05) is 6.07 Å². The molecule has 1 aromatic rings. The van der Waals surface area contributed by atoms with Gasteiger partial charge >= 0.3 is 18.3 Å². The van der Waals surface area contributed by atoms with Crippen molar-refractivity contribution in [2.24, 2.45) is 0 Å². The molecule has 1 amide bonds. The third-order valence-corrected chi connectivity index (χ3v) is 2.63. The van der Waals surface area contributed by atoms with Crippen molar-refractivity contribution in [2.45, 2.75) is 26.2 Å². The smallest absolute Gasteiger partial charge is 0.315 e. The van der Waals surface area contributed by atoms with Crippen LogP contribution < -0.4 is 5.32 Å². The van der Waals surface area contributed by atoms with E-state index in [2.05, 4.69) is 0 Å². The molecule has 0 spiro atoms. The Morgan fingerprint density at radius 3 is 2.25 bits per heavy atom. The number of carbonyl (C=O) groups excluding carboxylic acids is 1. The second kappa shape index (κ2) is 5.43. The van der Waals surface area contributed by atoms with Gasteiger partial charge in [0.2, 0.25) is 0 Å². The molecule has 0 unspecified atom stereocenters. The van der Waals surface area contributed by atoms with Crippen LogP contribution in [0.1, 0.15) is 11.1 Å². The number of rotatable bonds is 4. The van der Waals surface area contributed by atoms with Crippen molar-refractivity contribution >= 4 is 17.3 Å². The molecule has 0 aliphatic heterocycles. The molecule has 5 nitrogen and oxygen atoms in total. The maximum atomic E-state index is 12.8. The molecule has 0 bridgehead atoms. The number of aryl methyl sites for hydroxylation is 2. The first-order valence-corrected chi connectivity index (χ1v) is 5.30. The van der Waals surface area contributed by atoms with E-state index >= 15 is 0 Å². The average Bonchev–Trinajstić information content (AvgIpc) is 2.32. The van der Waals surface area contributed by atoms with Crippen LogP contribution in [0.5, 0.6) is 0 Å². The first-order valence-electron chi connectivity index (χ1n) is 5.30. The number of halogens is 4. The first-order chi connectivity index (χ1) is 9.07. The van der Waals surface area contributed by atoms with E-state index in [0.717, 1.165) is 12.1 Å². The van der Waals surface area contributed by atoms with E-state index in [-0.39, 0.29) is 0 Å². The van der Waals surface area contributed by atoms with Gasteiger partial charge in [0.1, 0.15) is 5.69 Å². The van der Waals surface area contributed by atoms with Crippen LogP contribution >= 0.6 is 0 Å². The van der Waals surface area contributed by atoms with Crippen molar-refractivity contribution in [1.29, 1.82) is 0 Å². The Kier molecular flexibility index (Phi) is 4.31. The maximum absolute atomic E-state index is 12.8. The Labute approximate surface area is 110 Å².